The van der Waals surface area contributed by atoms with E-state index in [-0.39, 0.29) is 15.4 Å². The third kappa shape index (κ3) is 3.05. The average Bonchev–Trinajstić information content (AvgIpc) is 2.37. The molecule has 105 valence electrons. The minimum absolute atomic E-state index is 0.202. The summed E-state index contributed by atoms with van der Waals surface area (Å²) in [6.45, 7) is 0. The second kappa shape index (κ2) is 4.98. The smallest absolute Gasteiger partial charge is 0.282 e. The van der Waals surface area contributed by atoms with Crippen LogP contribution in [-0.2, 0) is 20.2 Å². The molecule has 0 aromatic heterocycles. The quantitative estimate of drug-likeness (QED) is 0.834. The molecule has 8 heteroatoms. The van der Waals surface area contributed by atoms with Gasteiger partial charge < -0.3 is 0 Å². The van der Waals surface area contributed by atoms with E-state index in [4.69, 9.17) is 9.11 Å². The summed E-state index contributed by atoms with van der Waals surface area (Å²) in [6.07, 6.45) is 0. The topological polar surface area (TPSA) is 109 Å². The second-order valence-corrected chi connectivity index (χ2v) is 6.71. The molecule has 0 aliphatic heterocycles. The van der Waals surface area contributed by atoms with Crippen LogP contribution in [0.25, 0.3) is 11.1 Å². The van der Waals surface area contributed by atoms with Gasteiger partial charge in [0.05, 0.1) is 4.90 Å². The molecular weight excluding hydrogens is 304 g/mol. The van der Waals surface area contributed by atoms with Crippen molar-refractivity contribution in [2.45, 2.75) is 9.79 Å². The van der Waals surface area contributed by atoms with E-state index in [1.807, 2.05) is 0 Å². The van der Waals surface area contributed by atoms with Gasteiger partial charge in [0.1, 0.15) is 4.90 Å². The zero-order valence-corrected chi connectivity index (χ0v) is 11.5. The van der Waals surface area contributed by atoms with Crippen LogP contribution in [0.5, 0.6) is 0 Å². The van der Waals surface area contributed by atoms with Crippen molar-refractivity contribution in [2.24, 2.45) is 0 Å². The van der Waals surface area contributed by atoms with Crippen molar-refractivity contribution in [2.75, 3.05) is 0 Å². The van der Waals surface area contributed by atoms with Gasteiger partial charge in [0.25, 0.3) is 20.2 Å². The Morgan fingerprint density at radius 2 is 1.45 bits per heavy atom. The van der Waals surface area contributed by atoms with E-state index in [2.05, 4.69) is 6.07 Å². The molecular formula is C12H9O6S2. The maximum absolute atomic E-state index is 11.3. The minimum atomic E-state index is -4.42. The van der Waals surface area contributed by atoms with Crippen LogP contribution in [-0.4, -0.2) is 25.9 Å². The first kappa shape index (κ1) is 14.7. The summed E-state index contributed by atoms with van der Waals surface area (Å²) >= 11 is 0. The first-order chi connectivity index (χ1) is 9.19. The summed E-state index contributed by atoms with van der Waals surface area (Å²) in [5.41, 5.74) is 0.576. The lowest BCUT2D eigenvalue weighted by atomic mass is 10.1. The minimum Gasteiger partial charge on any atom is -0.282 e. The Morgan fingerprint density at radius 1 is 0.850 bits per heavy atom. The molecule has 2 N–H and O–H groups in total. The fourth-order valence-electron chi connectivity index (χ4n) is 1.67. The van der Waals surface area contributed by atoms with Gasteiger partial charge in [0, 0.05) is 5.56 Å². The van der Waals surface area contributed by atoms with Gasteiger partial charge in [-0.05, 0) is 29.8 Å². The molecule has 0 saturated heterocycles. The number of benzene rings is 2. The van der Waals surface area contributed by atoms with E-state index in [0.29, 0.717) is 5.56 Å². The van der Waals surface area contributed by atoms with Crippen LogP contribution < -0.4 is 0 Å². The maximum Gasteiger partial charge on any atom is 0.295 e. The Morgan fingerprint density at radius 3 is 1.95 bits per heavy atom. The van der Waals surface area contributed by atoms with Crippen LogP contribution in [0.1, 0.15) is 0 Å². The Labute approximate surface area is 116 Å². The summed E-state index contributed by atoms with van der Waals surface area (Å²) in [5.74, 6) is 0. The fraction of sp³-hybridized carbons (Fsp3) is 0. The van der Waals surface area contributed by atoms with Crippen molar-refractivity contribution < 1.29 is 25.9 Å². The third-order valence-electron chi connectivity index (χ3n) is 2.57. The third-order valence-corrected chi connectivity index (χ3v) is 4.33. The van der Waals surface area contributed by atoms with Crippen molar-refractivity contribution in [3.63, 3.8) is 0 Å². The van der Waals surface area contributed by atoms with Crippen LogP contribution in [0.4, 0.5) is 0 Å². The van der Waals surface area contributed by atoms with Crippen LogP contribution in [0, 0.1) is 6.07 Å². The maximum atomic E-state index is 11.3. The molecule has 0 aliphatic rings. The summed E-state index contributed by atoms with van der Waals surface area (Å²) in [4.78, 5) is -0.642. The Kier molecular flexibility index (Phi) is 3.65. The molecule has 0 spiro atoms. The largest absolute Gasteiger partial charge is 0.295 e. The molecule has 2 aromatic carbocycles. The molecule has 0 heterocycles. The van der Waals surface area contributed by atoms with Gasteiger partial charge in [-0.25, -0.2) is 0 Å². The zero-order chi connectivity index (χ0) is 15.0. The van der Waals surface area contributed by atoms with Crippen LogP contribution in [0.15, 0.2) is 52.3 Å². The van der Waals surface area contributed by atoms with Crippen molar-refractivity contribution in [1.29, 1.82) is 0 Å². The van der Waals surface area contributed by atoms with E-state index in [0.717, 1.165) is 18.2 Å². The van der Waals surface area contributed by atoms with Crippen LogP contribution in [0.3, 0.4) is 0 Å². The molecule has 20 heavy (non-hydrogen) atoms. The normalized spacial score (nSPS) is 12.3. The first-order valence-electron chi connectivity index (χ1n) is 5.25. The Balaban J connectivity index is 2.59. The number of hydrogen-bond acceptors (Lipinski definition) is 4. The molecule has 0 amide bonds. The Hall–Kier alpha value is -1.74. The summed E-state index contributed by atoms with van der Waals surface area (Å²) in [6, 6.07) is 11.5. The molecule has 0 fully saturated rings. The van der Waals surface area contributed by atoms with Crippen molar-refractivity contribution in [3.05, 3.63) is 48.5 Å². The Bertz CT molecular complexity index is 836. The fourth-order valence-corrected chi connectivity index (χ4v) is 2.83. The highest BCUT2D eigenvalue weighted by atomic mass is 32.2. The van der Waals surface area contributed by atoms with Gasteiger partial charge in [-0.3, -0.25) is 9.11 Å². The summed E-state index contributed by atoms with van der Waals surface area (Å²) in [5, 5.41) is 0. The van der Waals surface area contributed by atoms with Crippen molar-refractivity contribution >= 4 is 20.2 Å². The average molecular weight is 313 g/mol. The highest BCUT2D eigenvalue weighted by molar-refractivity contribution is 7.86. The predicted octanol–water partition coefficient (Wildman–Crippen LogP) is 1.65. The second-order valence-electron chi connectivity index (χ2n) is 3.90. The standard InChI is InChI=1S/C12H9O6S2/c13-19(14,15)10-7-5-9(6-8-10)11-3-1-2-4-12(11)20(16,17)18/h1,3-8H,(H,13,14,15)(H,16,17,18). The molecule has 0 aliphatic carbocycles. The first-order valence-corrected chi connectivity index (χ1v) is 8.13. The van der Waals surface area contributed by atoms with Crippen molar-refractivity contribution in [1.82, 2.24) is 0 Å². The summed E-state index contributed by atoms with van der Waals surface area (Å²) < 4.78 is 62.3. The molecule has 2 rings (SSSR count). The lowest BCUT2D eigenvalue weighted by Crippen LogP contribution is -2.01. The molecule has 6 nitrogen and oxygen atoms in total. The number of rotatable bonds is 3. The lowest BCUT2D eigenvalue weighted by molar-refractivity contribution is 0.481. The highest BCUT2D eigenvalue weighted by Gasteiger charge is 2.16. The molecule has 0 unspecified atom stereocenters. The molecule has 2 aromatic rings. The van der Waals surface area contributed by atoms with Gasteiger partial charge in [0.2, 0.25) is 0 Å². The van der Waals surface area contributed by atoms with E-state index >= 15 is 0 Å². The molecule has 0 saturated carbocycles. The van der Waals surface area contributed by atoms with Gasteiger partial charge in [-0.2, -0.15) is 16.8 Å². The van der Waals surface area contributed by atoms with Gasteiger partial charge in [-0.1, -0.05) is 24.3 Å². The lowest BCUT2D eigenvalue weighted by Gasteiger charge is -2.07. The van der Waals surface area contributed by atoms with E-state index < -0.39 is 20.2 Å². The SMILES string of the molecule is O=S(=O)(O)c1ccc(-c2cc[c]cc2S(=O)(=O)O)cc1. The molecule has 0 bridgehead atoms. The molecule has 1 radical (unpaired) electrons. The van der Waals surface area contributed by atoms with Crippen LogP contribution in [0.2, 0.25) is 0 Å². The van der Waals surface area contributed by atoms with Gasteiger partial charge in [0.15, 0.2) is 0 Å². The van der Waals surface area contributed by atoms with Crippen LogP contribution >= 0.6 is 0 Å². The number of hydrogen-bond donors (Lipinski definition) is 2. The monoisotopic (exact) mass is 313 g/mol. The van der Waals surface area contributed by atoms with E-state index in [1.165, 1.54) is 24.3 Å². The molecule has 0 atom stereocenters. The summed E-state index contributed by atoms with van der Waals surface area (Å²) in [7, 11) is -8.73. The zero-order valence-electron chi connectivity index (χ0n) is 9.89. The van der Waals surface area contributed by atoms with Crippen molar-refractivity contribution in [3.8, 4) is 11.1 Å². The predicted molar refractivity (Wildman–Crippen MR) is 70.3 cm³/mol. The van der Waals surface area contributed by atoms with Gasteiger partial charge in [-0.15, -0.1) is 0 Å². The van der Waals surface area contributed by atoms with E-state index in [1.54, 1.807) is 0 Å². The highest BCUT2D eigenvalue weighted by Crippen LogP contribution is 2.27. The van der Waals surface area contributed by atoms with E-state index in [9.17, 15) is 16.8 Å². The van der Waals surface area contributed by atoms with Gasteiger partial charge >= 0.3 is 0 Å².